The van der Waals surface area contributed by atoms with Gasteiger partial charge in [-0.15, -0.1) is 5.10 Å². The first-order valence-electron chi connectivity index (χ1n) is 3.28. The van der Waals surface area contributed by atoms with E-state index in [0.29, 0.717) is 0 Å². The van der Waals surface area contributed by atoms with Crippen LogP contribution in [0.5, 0.6) is 0 Å². The molecule has 5 heteroatoms. The molecule has 0 amide bonds. The highest BCUT2D eigenvalue weighted by atomic mass is 15.5. The zero-order valence-electron chi connectivity index (χ0n) is 5.64. The molecule has 10 heavy (non-hydrogen) atoms. The van der Waals surface area contributed by atoms with Crippen molar-refractivity contribution in [3.05, 3.63) is 0 Å². The molecule has 0 unspecified atom stereocenters. The van der Waals surface area contributed by atoms with Crippen LogP contribution in [0.3, 0.4) is 0 Å². The fourth-order valence-electron chi connectivity index (χ4n) is 0.626. The van der Waals surface area contributed by atoms with Gasteiger partial charge < -0.3 is 0 Å². The first-order chi connectivity index (χ1) is 5.00. The van der Waals surface area contributed by atoms with Crippen molar-refractivity contribution in [2.75, 3.05) is 6.54 Å². The van der Waals surface area contributed by atoms with Crippen LogP contribution >= 0.6 is 0 Å². The van der Waals surface area contributed by atoms with Crippen LogP contribution in [0, 0.1) is 0 Å². The van der Waals surface area contributed by atoms with Gasteiger partial charge in [0.05, 0.1) is 6.54 Å². The minimum Gasteiger partial charge on any atom is -0.167 e. The molecular weight excluding hydrogens is 130 g/mol. The van der Waals surface area contributed by atoms with Crippen LogP contribution in [0.4, 0.5) is 0 Å². The van der Waals surface area contributed by atoms with Crippen LogP contribution < -0.4 is 0 Å². The summed E-state index contributed by atoms with van der Waals surface area (Å²) < 4.78 is 0. The fraction of sp³-hybridized carbons (Fsp3) is 0.800. The van der Waals surface area contributed by atoms with Gasteiger partial charge >= 0.3 is 0 Å². The van der Waals surface area contributed by atoms with Crippen molar-refractivity contribution in [2.24, 2.45) is 25.9 Å². The van der Waals surface area contributed by atoms with Crippen molar-refractivity contribution >= 4 is 6.21 Å². The van der Waals surface area contributed by atoms with Crippen LogP contribution in [0.1, 0.15) is 19.3 Å². The van der Waals surface area contributed by atoms with Gasteiger partial charge in [-0.25, -0.2) is 0 Å². The molecule has 0 aromatic heterocycles. The molecule has 1 heterocycles. The van der Waals surface area contributed by atoms with Crippen LogP contribution in [-0.4, -0.2) is 12.8 Å². The van der Waals surface area contributed by atoms with Gasteiger partial charge in [-0.1, -0.05) is 0 Å². The van der Waals surface area contributed by atoms with Crippen molar-refractivity contribution in [3.8, 4) is 0 Å². The molecule has 0 radical (unpaired) electrons. The van der Waals surface area contributed by atoms with Gasteiger partial charge in [0.15, 0.2) is 0 Å². The summed E-state index contributed by atoms with van der Waals surface area (Å²) in [6.45, 7) is 0.743. The predicted molar refractivity (Wildman–Crippen MR) is 36.9 cm³/mol. The lowest BCUT2D eigenvalue weighted by molar-refractivity contribution is 0.720. The molecule has 0 aromatic rings. The van der Waals surface area contributed by atoms with Crippen LogP contribution in [0.2, 0.25) is 0 Å². The van der Waals surface area contributed by atoms with Crippen LogP contribution in [0.25, 0.3) is 0 Å². The van der Waals surface area contributed by atoms with E-state index >= 15 is 0 Å². The van der Waals surface area contributed by atoms with E-state index < -0.39 is 0 Å². The van der Waals surface area contributed by atoms with Gasteiger partial charge in [-0.05, 0) is 34.9 Å². The largest absolute Gasteiger partial charge is 0.167 e. The molecule has 0 fully saturated rings. The number of nitrogens with zero attached hydrogens (tertiary/aromatic N) is 5. The van der Waals surface area contributed by atoms with E-state index in [2.05, 4.69) is 25.9 Å². The average molecular weight is 139 g/mol. The lowest BCUT2D eigenvalue weighted by atomic mass is 10.2. The molecule has 1 aliphatic heterocycles. The van der Waals surface area contributed by atoms with Crippen LogP contribution in [-0.2, 0) is 0 Å². The first-order valence-corrected chi connectivity index (χ1v) is 3.28. The number of hydrogen-bond donors (Lipinski definition) is 0. The van der Waals surface area contributed by atoms with Gasteiger partial charge in [-0.2, -0.15) is 5.11 Å². The zero-order chi connectivity index (χ0) is 7.07. The van der Waals surface area contributed by atoms with Gasteiger partial charge in [0, 0.05) is 6.21 Å². The second-order valence-electron chi connectivity index (χ2n) is 1.93. The minimum absolute atomic E-state index is 0.743. The molecule has 1 aliphatic rings. The smallest absolute Gasteiger partial charge is 0.0621 e. The Bertz CT molecular complexity index is 141. The molecule has 54 valence electrons. The van der Waals surface area contributed by atoms with E-state index in [-0.39, 0.29) is 0 Å². The summed E-state index contributed by atoms with van der Waals surface area (Å²) in [6, 6.07) is 0. The number of rotatable bonds is 0. The summed E-state index contributed by atoms with van der Waals surface area (Å²) in [5.41, 5.74) is 0. The zero-order valence-corrected chi connectivity index (χ0v) is 5.64. The van der Waals surface area contributed by atoms with E-state index in [0.717, 1.165) is 25.8 Å². The topological polar surface area (TPSA) is 61.8 Å². The van der Waals surface area contributed by atoms with Gasteiger partial charge in [0.2, 0.25) is 0 Å². The van der Waals surface area contributed by atoms with Gasteiger partial charge in [-0.3, -0.25) is 0 Å². The van der Waals surface area contributed by atoms with Crippen molar-refractivity contribution in [1.29, 1.82) is 0 Å². The third-order valence-corrected chi connectivity index (χ3v) is 1.12. The highest BCUT2D eigenvalue weighted by molar-refractivity contribution is 5.56. The monoisotopic (exact) mass is 139 g/mol. The van der Waals surface area contributed by atoms with E-state index in [4.69, 9.17) is 0 Å². The summed E-state index contributed by atoms with van der Waals surface area (Å²) in [6.07, 6.45) is 4.84. The Balaban J connectivity index is 2.40. The average Bonchev–Trinajstić information content (AvgIpc) is 2.01. The Morgan fingerprint density at radius 2 is 2.00 bits per heavy atom. The molecular formula is C5H9N5. The maximum Gasteiger partial charge on any atom is 0.0621 e. The molecule has 0 saturated carbocycles. The molecule has 5 nitrogen and oxygen atoms in total. The van der Waals surface area contributed by atoms with E-state index in [9.17, 15) is 0 Å². The minimum atomic E-state index is 0.743. The second-order valence-corrected chi connectivity index (χ2v) is 1.93. The number of hydrogen-bond acceptors (Lipinski definition) is 5. The Morgan fingerprint density at radius 3 is 3.00 bits per heavy atom. The fourth-order valence-corrected chi connectivity index (χ4v) is 0.626. The first kappa shape index (κ1) is 6.98. The summed E-state index contributed by atoms with van der Waals surface area (Å²) in [5.74, 6) is 0. The third kappa shape index (κ3) is 3.01. The van der Waals surface area contributed by atoms with E-state index in [1.807, 2.05) is 0 Å². The summed E-state index contributed by atoms with van der Waals surface area (Å²) >= 11 is 0. The second kappa shape index (κ2) is 4.72. The predicted octanol–water partition coefficient (Wildman–Crippen LogP) is 1.98. The van der Waals surface area contributed by atoms with Gasteiger partial charge in [0.1, 0.15) is 0 Å². The quantitative estimate of drug-likeness (QED) is 0.492. The lowest BCUT2D eigenvalue weighted by Gasteiger charge is -1.90. The maximum atomic E-state index is 3.72. The van der Waals surface area contributed by atoms with Crippen molar-refractivity contribution < 1.29 is 0 Å². The van der Waals surface area contributed by atoms with E-state index in [1.165, 1.54) is 0 Å². The Kier molecular flexibility index (Phi) is 3.30. The van der Waals surface area contributed by atoms with E-state index in [1.54, 1.807) is 6.21 Å². The standard InChI is InChI=1S/C5H9N5/c1-2-4-6-8-10-9-7-5-3-1/h4H,1-3,5H2/b6-4-,9-7?,10-8-. The SMILES string of the molecule is C1=N\N=N/N=NCCCC/1. The molecule has 0 atom stereocenters. The lowest BCUT2D eigenvalue weighted by Crippen LogP contribution is -1.82. The van der Waals surface area contributed by atoms with Crippen molar-refractivity contribution in [3.63, 3.8) is 0 Å². The summed E-state index contributed by atoms with van der Waals surface area (Å²) in [7, 11) is 0. The van der Waals surface area contributed by atoms with Gasteiger partial charge in [0.25, 0.3) is 0 Å². The third-order valence-electron chi connectivity index (χ3n) is 1.12. The highest BCUT2D eigenvalue weighted by Gasteiger charge is 1.85. The molecule has 0 aromatic carbocycles. The summed E-state index contributed by atoms with van der Waals surface area (Å²) in [5, 5.41) is 17.4. The molecule has 1 rings (SSSR count). The molecule has 0 spiro atoms. The molecule has 0 N–H and O–H groups in total. The Morgan fingerprint density at radius 1 is 1.00 bits per heavy atom. The normalized spacial score (nSPS) is 25.6. The highest BCUT2D eigenvalue weighted by Crippen LogP contribution is 1.96. The molecule has 0 saturated heterocycles. The Labute approximate surface area is 58.9 Å². The van der Waals surface area contributed by atoms with Crippen LogP contribution in [0.15, 0.2) is 25.9 Å². The van der Waals surface area contributed by atoms with Crippen molar-refractivity contribution in [2.45, 2.75) is 19.3 Å². The van der Waals surface area contributed by atoms with Crippen molar-refractivity contribution in [1.82, 2.24) is 0 Å². The summed E-state index contributed by atoms with van der Waals surface area (Å²) in [4.78, 5) is 0. The Hall–Kier alpha value is -1.13. The molecule has 0 aliphatic carbocycles. The maximum absolute atomic E-state index is 3.72. The molecule has 0 bridgehead atoms.